The average molecular weight is 284 g/mol. The van der Waals surface area contributed by atoms with E-state index in [-0.39, 0.29) is 0 Å². The van der Waals surface area contributed by atoms with Gasteiger partial charge in [-0.15, -0.1) is 0 Å². The predicted molar refractivity (Wildman–Crippen MR) is 64.0 cm³/mol. The van der Waals surface area contributed by atoms with Gasteiger partial charge in [0, 0.05) is 23.3 Å². The lowest BCUT2D eigenvalue weighted by molar-refractivity contribution is 0.997. The van der Waals surface area contributed by atoms with Crippen LogP contribution in [0, 0.1) is 0 Å². The van der Waals surface area contributed by atoms with Gasteiger partial charge in [-0.2, -0.15) is 0 Å². The summed E-state index contributed by atoms with van der Waals surface area (Å²) >= 11 is 9.30. The normalized spacial score (nSPS) is 10.3. The Kier molecular flexibility index (Phi) is 3.34. The fourth-order valence-electron chi connectivity index (χ4n) is 1.30. The summed E-state index contributed by atoms with van der Waals surface area (Å²) in [5, 5.41) is 0.771. The third-order valence-corrected chi connectivity index (χ3v) is 2.76. The molecule has 0 atom stereocenters. The van der Waals surface area contributed by atoms with Gasteiger partial charge >= 0.3 is 0 Å². The third-order valence-electron chi connectivity index (χ3n) is 2.01. The molecule has 0 bridgehead atoms. The molecule has 0 amide bonds. The van der Waals surface area contributed by atoms with Crippen LogP contribution in [0.4, 0.5) is 0 Å². The molecule has 0 unspecified atom stereocenters. The smallest absolute Gasteiger partial charge is 0.196 e. The van der Waals surface area contributed by atoms with Crippen molar-refractivity contribution in [3.63, 3.8) is 0 Å². The van der Waals surface area contributed by atoms with Crippen molar-refractivity contribution >= 4 is 27.5 Å². The Hall–Kier alpha value is -0.930. The van der Waals surface area contributed by atoms with Crippen LogP contribution in [0.1, 0.15) is 11.3 Å². The summed E-state index contributed by atoms with van der Waals surface area (Å²) in [6.45, 7) is 0. The highest BCUT2D eigenvalue weighted by Crippen LogP contribution is 2.18. The zero-order valence-electron chi connectivity index (χ0n) is 7.82. The van der Waals surface area contributed by atoms with Crippen molar-refractivity contribution in [3.8, 4) is 0 Å². The number of benzene rings is 1. The van der Waals surface area contributed by atoms with Gasteiger partial charge in [-0.05, 0) is 33.6 Å². The summed E-state index contributed by atoms with van der Waals surface area (Å²) < 4.78 is 0.604. The van der Waals surface area contributed by atoms with E-state index in [1.807, 2.05) is 30.3 Å². The van der Waals surface area contributed by atoms with Gasteiger partial charge in [-0.1, -0.05) is 29.8 Å². The highest BCUT2D eigenvalue weighted by molar-refractivity contribution is 9.10. The molecule has 0 fully saturated rings. The lowest BCUT2D eigenvalue weighted by Crippen LogP contribution is -1.94. The van der Waals surface area contributed by atoms with E-state index in [1.54, 1.807) is 6.20 Å². The summed E-state index contributed by atoms with van der Waals surface area (Å²) in [6, 6.07) is 9.65. The summed E-state index contributed by atoms with van der Waals surface area (Å²) in [5.74, 6) is 0. The van der Waals surface area contributed by atoms with Crippen molar-refractivity contribution in [2.75, 3.05) is 0 Å². The number of hydrogen-bond donors (Lipinski definition) is 0. The molecule has 0 saturated heterocycles. The number of halogens is 2. The molecule has 1 aromatic heterocycles. The lowest BCUT2D eigenvalue weighted by Gasteiger charge is -2.03. The maximum atomic E-state index is 6.06. The maximum absolute atomic E-state index is 6.06. The number of hydrogen-bond acceptors (Lipinski definition) is 2. The van der Waals surface area contributed by atoms with Gasteiger partial charge in [-0.25, -0.2) is 9.97 Å². The molecule has 0 radical (unpaired) electrons. The zero-order valence-corrected chi connectivity index (χ0v) is 10.2. The summed E-state index contributed by atoms with van der Waals surface area (Å²) in [5.41, 5.74) is 2.02. The molecule has 0 aliphatic heterocycles. The first-order chi connectivity index (χ1) is 7.25. The molecule has 1 aromatic carbocycles. The standard InChI is InChI=1S/C11H8BrClN2/c12-11-14-6-5-9(15-11)7-8-3-1-2-4-10(8)13/h1-6H,7H2. The molecule has 15 heavy (non-hydrogen) atoms. The van der Waals surface area contributed by atoms with E-state index in [2.05, 4.69) is 25.9 Å². The van der Waals surface area contributed by atoms with E-state index in [0.29, 0.717) is 4.73 Å². The average Bonchev–Trinajstić information content (AvgIpc) is 2.22. The number of nitrogens with zero attached hydrogens (tertiary/aromatic N) is 2. The van der Waals surface area contributed by atoms with Crippen LogP contribution in [0.2, 0.25) is 5.02 Å². The molecule has 0 saturated carbocycles. The quantitative estimate of drug-likeness (QED) is 0.789. The first-order valence-corrected chi connectivity index (χ1v) is 5.63. The van der Waals surface area contributed by atoms with Crippen molar-refractivity contribution in [1.29, 1.82) is 0 Å². The van der Waals surface area contributed by atoms with E-state index in [1.165, 1.54) is 0 Å². The Bertz CT molecular complexity index is 474. The van der Waals surface area contributed by atoms with Crippen LogP contribution in [0.15, 0.2) is 41.3 Å². The van der Waals surface area contributed by atoms with Crippen LogP contribution >= 0.6 is 27.5 Å². The molecule has 2 rings (SSSR count). The van der Waals surface area contributed by atoms with Gasteiger partial charge < -0.3 is 0 Å². The van der Waals surface area contributed by atoms with Crippen molar-refractivity contribution in [3.05, 3.63) is 57.5 Å². The van der Waals surface area contributed by atoms with E-state index in [9.17, 15) is 0 Å². The van der Waals surface area contributed by atoms with Crippen molar-refractivity contribution in [1.82, 2.24) is 9.97 Å². The van der Waals surface area contributed by atoms with Gasteiger partial charge in [-0.3, -0.25) is 0 Å². The summed E-state index contributed by atoms with van der Waals surface area (Å²) in [6.07, 6.45) is 2.45. The predicted octanol–water partition coefficient (Wildman–Crippen LogP) is 3.48. The molecule has 76 valence electrons. The van der Waals surface area contributed by atoms with Gasteiger partial charge in [0.1, 0.15) is 0 Å². The Morgan fingerprint density at radius 3 is 2.73 bits per heavy atom. The Balaban J connectivity index is 2.26. The zero-order chi connectivity index (χ0) is 10.7. The number of rotatable bonds is 2. The molecular weight excluding hydrogens is 275 g/mol. The monoisotopic (exact) mass is 282 g/mol. The minimum atomic E-state index is 0.604. The molecule has 0 N–H and O–H groups in total. The molecule has 0 aliphatic carbocycles. The Morgan fingerprint density at radius 2 is 2.00 bits per heavy atom. The van der Waals surface area contributed by atoms with Crippen LogP contribution in [-0.2, 0) is 6.42 Å². The first-order valence-electron chi connectivity index (χ1n) is 4.46. The summed E-state index contributed by atoms with van der Waals surface area (Å²) in [4.78, 5) is 8.23. The first kappa shape index (κ1) is 10.6. The summed E-state index contributed by atoms with van der Waals surface area (Å²) in [7, 11) is 0. The lowest BCUT2D eigenvalue weighted by atomic mass is 10.1. The van der Waals surface area contributed by atoms with E-state index in [0.717, 1.165) is 22.7 Å². The third kappa shape index (κ3) is 2.76. The van der Waals surface area contributed by atoms with Crippen molar-refractivity contribution < 1.29 is 0 Å². The highest BCUT2D eigenvalue weighted by Gasteiger charge is 2.02. The topological polar surface area (TPSA) is 25.8 Å². The fourth-order valence-corrected chi connectivity index (χ4v) is 1.85. The second-order valence-corrected chi connectivity index (χ2v) is 4.20. The fraction of sp³-hybridized carbons (Fsp3) is 0.0909. The van der Waals surface area contributed by atoms with Gasteiger partial charge in [0.05, 0.1) is 0 Å². The Morgan fingerprint density at radius 1 is 1.20 bits per heavy atom. The van der Waals surface area contributed by atoms with Gasteiger partial charge in [0.2, 0.25) is 0 Å². The SMILES string of the molecule is Clc1ccccc1Cc1ccnc(Br)n1. The van der Waals surface area contributed by atoms with Crippen LogP contribution in [0.3, 0.4) is 0 Å². The molecule has 0 aliphatic rings. The molecule has 0 spiro atoms. The minimum Gasteiger partial charge on any atom is -0.231 e. The van der Waals surface area contributed by atoms with E-state index in [4.69, 9.17) is 11.6 Å². The Labute approximate surface area is 101 Å². The van der Waals surface area contributed by atoms with E-state index < -0.39 is 0 Å². The van der Waals surface area contributed by atoms with Crippen LogP contribution in [0.5, 0.6) is 0 Å². The molecular formula is C11H8BrClN2. The van der Waals surface area contributed by atoms with Gasteiger partial charge in [0.25, 0.3) is 0 Å². The maximum Gasteiger partial charge on any atom is 0.196 e. The highest BCUT2D eigenvalue weighted by atomic mass is 79.9. The molecule has 4 heteroatoms. The number of aromatic nitrogens is 2. The van der Waals surface area contributed by atoms with Crippen LogP contribution in [0.25, 0.3) is 0 Å². The second kappa shape index (κ2) is 4.73. The van der Waals surface area contributed by atoms with Crippen molar-refractivity contribution in [2.24, 2.45) is 0 Å². The van der Waals surface area contributed by atoms with Crippen molar-refractivity contribution in [2.45, 2.75) is 6.42 Å². The van der Waals surface area contributed by atoms with Crippen LogP contribution < -0.4 is 0 Å². The largest absolute Gasteiger partial charge is 0.231 e. The molecule has 2 aromatic rings. The molecule has 1 heterocycles. The second-order valence-electron chi connectivity index (χ2n) is 3.09. The van der Waals surface area contributed by atoms with E-state index >= 15 is 0 Å². The van der Waals surface area contributed by atoms with Gasteiger partial charge in [0.15, 0.2) is 4.73 Å². The van der Waals surface area contributed by atoms with Crippen LogP contribution in [-0.4, -0.2) is 9.97 Å². The molecule has 2 nitrogen and oxygen atoms in total. The minimum absolute atomic E-state index is 0.604.